The molecule has 2 rings (SSSR count). The van der Waals surface area contributed by atoms with Gasteiger partial charge < -0.3 is 0 Å². The van der Waals surface area contributed by atoms with Crippen molar-refractivity contribution in [2.45, 2.75) is 58.8 Å². The summed E-state index contributed by atoms with van der Waals surface area (Å²) in [6.07, 6.45) is 10.6. The normalized spacial score (nSPS) is 40.9. The minimum Gasteiger partial charge on any atom is -0.0649 e. The van der Waals surface area contributed by atoms with Gasteiger partial charge in [0.2, 0.25) is 0 Å². The van der Waals surface area contributed by atoms with Crippen molar-refractivity contribution in [3.8, 4) is 0 Å². The summed E-state index contributed by atoms with van der Waals surface area (Å²) in [7, 11) is 0. The van der Waals surface area contributed by atoms with Crippen molar-refractivity contribution in [1.29, 1.82) is 0 Å². The molecule has 0 unspecified atom stereocenters. The number of hydrogen-bond acceptors (Lipinski definition) is 0. The van der Waals surface area contributed by atoms with Crippen LogP contribution in [0.25, 0.3) is 0 Å². The standard InChI is InChI=1S/C11H20/c1-3-10(2)7-8-11(9-10)5-4-6-11/h3-9H2,1-2H3/t10-/m0/s1. The lowest BCUT2D eigenvalue weighted by molar-refractivity contribution is 0.120. The predicted molar refractivity (Wildman–Crippen MR) is 48.5 cm³/mol. The van der Waals surface area contributed by atoms with Crippen molar-refractivity contribution in [2.75, 3.05) is 0 Å². The summed E-state index contributed by atoms with van der Waals surface area (Å²) in [6, 6.07) is 0. The van der Waals surface area contributed by atoms with Gasteiger partial charge in [-0.3, -0.25) is 0 Å². The van der Waals surface area contributed by atoms with E-state index in [2.05, 4.69) is 13.8 Å². The molecule has 0 saturated heterocycles. The fourth-order valence-electron chi connectivity index (χ4n) is 3.05. The Kier molecular flexibility index (Phi) is 1.56. The van der Waals surface area contributed by atoms with Crippen LogP contribution in [-0.2, 0) is 0 Å². The summed E-state index contributed by atoms with van der Waals surface area (Å²) >= 11 is 0. The monoisotopic (exact) mass is 152 g/mol. The number of rotatable bonds is 1. The van der Waals surface area contributed by atoms with Gasteiger partial charge in [-0.25, -0.2) is 0 Å². The van der Waals surface area contributed by atoms with Gasteiger partial charge >= 0.3 is 0 Å². The van der Waals surface area contributed by atoms with Crippen LogP contribution in [0.15, 0.2) is 0 Å². The lowest BCUT2D eigenvalue weighted by atomic mass is 9.66. The van der Waals surface area contributed by atoms with E-state index in [1.165, 1.54) is 32.1 Å². The summed E-state index contributed by atoms with van der Waals surface area (Å²) in [5.41, 5.74) is 1.57. The molecule has 0 aromatic rings. The van der Waals surface area contributed by atoms with E-state index in [4.69, 9.17) is 0 Å². The van der Waals surface area contributed by atoms with Gasteiger partial charge in [0.15, 0.2) is 0 Å². The van der Waals surface area contributed by atoms with E-state index < -0.39 is 0 Å². The first-order valence-corrected chi connectivity index (χ1v) is 5.18. The van der Waals surface area contributed by atoms with Crippen LogP contribution in [0, 0.1) is 10.8 Å². The summed E-state index contributed by atoms with van der Waals surface area (Å²) in [4.78, 5) is 0. The van der Waals surface area contributed by atoms with E-state index >= 15 is 0 Å². The van der Waals surface area contributed by atoms with Crippen LogP contribution in [0.1, 0.15) is 58.8 Å². The van der Waals surface area contributed by atoms with Gasteiger partial charge in [0, 0.05) is 0 Å². The molecule has 11 heavy (non-hydrogen) atoms. The Morgan fingerprint density at radius 1 is 1.09 bits per heavy atom. The fourth-order valence-corrected chi connectivity index (χ4v) is 3.05. The van der Waals surface area contributed by atoms with Crippen molar-refractivity contribution >= 4 is 0 Å². The van der Waals surface area contributed by atoms with Crippen molar-refractivity contribution in [2.24, 2.45) is 10.8 Å². The Bertz CT molecular complexity index is 146. The van der Waals surface area contributed by atoms with Crippen molar-refractivity contribution in [3.05, 3.63) is 0 Å². The zero-order valence-corrected chi connectivity index (χ0v) is 7.95. The predicted octanol–water partition coefficient (Wildman–Crippen LogP) is 3.76. The molecule has 2 fully saturated rings. The van der Waals surface area contributed by atoms with Crippen molar-refractivity contribution in [3.63, 3.8) is 0 Å². The second kappa shape index (κ2) is 2.24. The Morgan fingerprint density at radius 3 is 2.09 bits per heavy atom. The fraction of sp³-hybridized carbons (Fsp3) is 1.00. The Balaban J connectivity index is 2.02. The van der Waals surface area contributed by atoms with E-state index in [0.717, 1.165) is 10.8 Å². The molecule has 0 aromatic heterocycles. The molecule has 0 heteroatoms. The minimum absolute atomic E-state index is 0.723. The van der Waals surface area contributed by atoms with Gasteiger partial charge in [0.05, 0.1) is 0 Å². The quantitative estimate of drug-likeness (QED) is 0.536. The van der Waals surface area contributed by atoms with E-state index in [1.807, 2.05) is 0 Å². The average molecular weight is 152 g/mol. The molecule has 0 amide bonds. The first-order chi connectivity index (χ1) is 5.18. The van der Waals surface area contributed by atoms with Gasteiger partial charge in [0.1, 0.15) is 0 Å². The highest BCUT2D eigenvalue weighted by Crippen LogP contribution is 2.60. The molecular weight excluding hydrogens is 132 g/mol. The molecule has 0 nitrogen and oxygen atoms in total. The van der Waals surface area contributed by atoms with Crippen LogP contribution in [0.4, 0.5) is 0 Å². The van der Waals surface area contributed by atoms with Gasteiger partial charge in [-0.2, -0.15) is 0 Å². The molecule has 2 aliphatic carbocycles. The molecule has 1 spiro atoms. The lowest BCUT2D eigenvalue weighted by Gasteiger charge is -2.40. The molecule has 0 N–H and O–H groups in total. The number of hydrogen-bond donors (Lipinski definition) is 0. The van der Waals surface area contributed by atoms with Gasteiger partial charge in [-0.05, 0) is 42.9 Å². The zero-order valence-electron chi connectivity index (χ0n) is 7.95. The second-order valence-corrected chi connectivity index (χ2v) is 5.19. The van der Waals surface area contributed by atoms with Crippen LogP contribution in [0.2, 0.25) is 0 Å². The molecule has 64 valence electrons. The topological polar surface area (TPSA) is 0 Å². The molecule has 0 aromatic carbocycles. The van der Waals surface area contributed by atoms with Gasteiger partial charge in [0.25, 0.3) is 0 Å². The average Bonchev–Trinajstić information content (AvgIpc) is 2.29. The van der Waals surface area contributed by atoms with Crippen LogP contribution >= 0.6 is 0 Å². The molecule has 2 saturated carbocycles. The lowest BCUT2D eigenvalue weighted by Crippen LogP contribution is -2.27. The summed E-state index contributed by atoms with van der Waals surface area (Å²) in [6.45, 7) is 4.84. The van der Waals surface area contributed by atoms with E-state index in [0.29, 0.717) is 0 Å². The SMILES string of the molecule is CC[C@@]1(C)CCC2(CCC2)C1. The van der Waals surface area contributed by atoms with E-state index in [1.54, 1.807) is 12.8 Å². The summed E-state index contributed by atoms with van der Waals surface area (Å²) < 4.78 is 0. The Hall–Kier alpha value is 0. The van der Waals surface area contributed by atoms with Crippen molar-refractivity contribution < 1.29 is 0 Å². The van der Waals surface area contributed by atoms with Gasteiger partial charge in [-0.15, -0.1) is 0 Å². The smallest absolute Gasteiger partial charge is 0.0292 e. The van der Waals surface area contributed by atoms with Crippen LogP contribution < -0.4 is 0 Å². The van der Waals surface area contributed by atoms with E-state index in [9.17, 15) is 0 Å². The Labute approximate surface area is 70.4 Å². The van der Waals surface area contributed by atoms with E-state index in [-0.39, 0.29) is 0 Å². The summed E-state index contributed by atoms with van der Waals surface area (Å²) in [5.74, 6) is 0. The maximum Gasteiger partial charge on any atom is -0.0292 e. The van der Waals surface area contributed by atoms with Gasteiger partial charge in [-0.1, -0.05) is 26.7 Å². The largest absolute Gasteiger partial charge is 0.0649 e. The molecule has 0 radical (unpaired) electrons. The maximum absolute atomic E-state index is 2.49. The molecule has 0 heterocycles. The third-order valence-corrected chi connectivity index (χ3v) is 4.33. The first kappa shape index (κ1) is 7.64. The highest BCUT2D eigenvalue weighted by molar-refractivity contribution is 4.99. The zero-order chi connectivity index (χ0) is 7.95. The molecule has 0 aliphatic heterocycles. The molecule has 1 atom stereocenters. The highest BCUT2D eigenvalue weighted by Gasteiger charge is 2.47. The first-order valence-electron chi connectivity index (χ1n) is 5.18. The Morgan fingerprint density at radius 2 is 1.82 bits per heavy atom. The van der Waals surface area contributed by atoms with Crippen molar-refractivity contribution in [1.82, 2.24) is 0 Å². The highest BCUT2D eigenvalue weighted by atomic mass is 14.5. The van der Waals surface area contributed by atoms with Crippen LogP contribution in [0.5, 0.6) is 0 Å². The molecule has 0 bridgehead atoms. The molecular formula is C11H20. The summed E-state index contributed by atoms with van der Waals surface area (Å²) in [5, 5.41) is 0. The minimum atomic E-state index is 0.723. The third kappa shape index (κ3) is 1.11. The molecule has 2 aliphatic rings. The van der Waals surface area contributed by atoms with Crippen LogP contribution in [-0.4, -0.2) is 0 Å². The second-order valence-electron chi connectivity index (χ2n) is 5.19. The van der Waals surface area contributed by atoms with Crippen LogP contribution in [0.3, 0.4) is 0 Å². The third-order valence-electron chi connectivity index (χ3n) is 4.33. The maximum atomic E-state index is 2.49.